The van der Waals surface area contributed by atoms with Crippen LogP contribution in [0.4, 0.5) is 23.7 Å². The number of aromatic nitrogens is 2. The summed E-state index contributed by atoms with van der Waals surface area (Å²) in [7, 11) is 0. The largest absolute Gasteiger partial charge is 0.416 e. The summed E-state index contributed by atoms with van der Waals surface area (Å²) in [6.07, 6.45) is -4.54. The van der Waals surface area contributed by atoms with E-state index in [-0.39, 0.29) is 11.6 Å². The highest BCUT2D eigenvalue weighted by atomic mass is 32.1. The van der Waals surface area contributed by atoms with Gasteiger partial charge in [-0.3, -0.25) is 4.90 Å². The summed E-state index contributed by atoms with van der Waals surface area (Å²) in [6.45, 7) is 1.65. The van der Waals surface area contributed by atoms with Crippen LogP contribution in [-0.2, 0) is 6.18 Å². The van der Waals surface area contributed by atoms with Crippen LogP contribution in [-0.4, -0.2) is 16.2 Å². The van der Waals surface area contributed by atoms with E-state index in [0.717, 1.165) is 22.6 Å². The normalized spacial score (nSPS) is 16.6. The molecule has 0 saturated carbocycles. The quantitative estimate of drug-likeness (QED) is 0.360. The lowest BCUT2D eigenvalue weighted by Gasteiger charge is -2.35. The monoisotopic (exact) mass is 482 g/mol. The summed E-state index contributed by atoms with van der Waals surface area (Å²) in [5.74, 6) is 0.561. The number of halogens is 3. The van der Waals surface area contributed by atoms with Crippen molar-refractivity contribution in [2.45, 2.75) is 19.1 Å². The Hall–Kier alpha value is -3.92. The number of benzene rings is 2. The molecule has 10 heteroatoms. The van der Waals surface area contributed by atoms with Gasteiger partial charge in [-0.2, -0.15) is 18.2 Å². The molecule has 0 fully saturated rings. The number of carbonyl (C=O) groups excluding carboxylic acids is 1. The number of nitrogens with one attached hydrogen (secondary N) is 1. The van der Waals surface area contributed by atoms with Crippen LogP contribution >= 0.6 is 11.3 Å². The molecule has 1 aliphatic heterocycles. The van der Waals surface area contributed by atoms with Gasteiger partial charge in [0.25, 0.3) is 5.89 Å². The molecule has 2 amide bonds. The first-order chi connectivity index (χ1) is 16.3. The van der Waals surface area contributed by atoms with Crippen LogP contribution < -0.4 is 10.2 Å². The number of urea groups is 1. The van der Waals surface area contributed by atoms with Gasteiger partial charge >= 0.3 is 12.2 Å². The minimum Gasteiger partial charge on any atom is -0.334 e. The average Bonchev–Trinajstić information content (AvgIpc) is 3.51. The lowest BCUT2D eigenvalue weighted by Crippen LogP contribution is -2.46. The molecule has 1 unspecified atom stereocenters. The Morgan fingerprint density at radius 2 is 1.85 bits per heavy atom. The molecule has 172 valence electrons. The minimum atomic E-state index is -4.54. The molecule has 0 radical (unpaired) electrons. The van der Waals surface area contributed by atoms with Crippen LogP contribution in [0.25, 0.3) is 16.3 Å². The summed E-state index contributed by atoms with van der Waals surface area (Å²) in [5.41, 5.74) is 0.878. The molecule has 34 heavy (non-hydrogen) atoms. The van der Waals surface area contributed by atoms with E-state index in [4.69, 9.17) is 4.52 Å². The van der Waals surface area contributed by atoms with Gasteiger partial charge in [0, 0.05) is 5.70 Å². The Morgan fingerprint density at radius 1 is 1.06 bits per heavy atom. The molecule has 3 heterocycles. The molecule has 0 aliphatic carbocycles. The van der Waals surface area contributed by atoms with E-state index < -0.39 is 23.8 Å². The van der Waals surface area contributed by atoms with Gasteiger partial charge in [-0.15, -0.1) is 11.3 Å². The van der Waals surface area contributed by atoms with E-state index in [9.17, 15) is 18.0 Å². The molecular formula is C24H17F3N4O2S. The van der Waals surface area contributed by atoms with Gasteiger partial charge in [-0.1, -0.05) is 47.6 Å². The van der Waals surface area contributed by atoms with Crippen molar-refractivity contribution in [3.05, 3.63) is 94.8 Å². The Kier molecular flexibility index (Phi) is 5.45. The standard InChI is InChI=1S/C24H17F3N4O2S/c1-14-19(22-29-21(30-33-22)18-11-6-12-34-18)20(15-7-3-2-4-8-15)28-23(32)31(14)17-10-5-9-16(13-17)24(25,26)27/h2-13,20H,1H3,(H,28,32). The second kappa shape index (κ2) is 8.45. The fourth-order valence-corrected chi connectivity index (χ4v) is 4.54. The molecule has 2 aromatic carbocycles. The van der Waals surface area contributed by atoms with Gasteiger partial charge < -0.3 is 9.84 Å². The maximum Gasteiger partial charge on any atom is 0.416 e. The Morgan fingerprint density at radius 3 is 2.56 bits per heavy atom. The molecule has 0 saturated heterocycles. The van der Waals surface area contributed by atoms with E-state index in [0.29, 0.717) is 17.1 Å². The van der Waals surface area contributed by atoms with Gasteiger partial charge in [0.2, 0.25) is 5.82 Å². The molecule has 1 N–H and O–H groups in total. The van der Waals surface area contributed by atoms with Crippen molar-refractivity contribution in [3.8, 4) is 10.7 Å². The van der Waals surface area contributed by atoms with Gasteiger partial charge in [0.15, 0.2) is 0 Å². The van der Waals surface area contributed by atoms with Crippen molar-refractivity contribution in [2.24, 2.45) is 0 Å². The van der Waals surface area contributed by atoms with Crippen LogP contribution in [0.15, 0.2) is 82.3 Å². The maximum atomic E-state index is 13.3. The number of carbonyl (C=O) groups is 1. The molecule has 2 aromatic heterocycles. The number of allylic oxidation sites excluding steroid dienone is 1. The zero-order valence-corrected chi connectivity index (χ0v) is 18.5. The van der Waals surface area contributed by atoms with Crippen LogP contribution in [0.2, 0.25) is 0 Å². The van der Waals surface area contributed by atoms with Crippen molar-refractivity contribution < 1.29 is 22.5 Å². The fraction of sp³-hybridized carbons (Fsp3) is 0.125. The first-order valence-corrected chi connectivity index (χ1v) is 11.1. The predicted octanol–water partition coefficient (Wildman–Crippen LogP) is 6.52. The number of alkyl halides is 3. The zero-order valence-electron chi connectivity index (χ0n) is 17.7. The number of hydrogen-bond acceptors (Lipinski definition) is 5. The number of nitrogens with zero attached hydrogens (tertiary/aromatic N) is 3. The molecule has 1 atom stereocenters. The van der Waals surface area contributed by atoms with Crippen molar-refractivity contribution in [1.29, 1.82) is 0 Å². The van der Waals surface area contributed by atoms with Gasteiger partial charge in [-0.05, 0) is 42.1 Å². The summed E-state index contributed by atoms with van der Waals surface area (Å²) in [4.78, 5) is 19.7. The minimum absolute atomic E-state index is 0.0758. The van der Waals surface area contributed by atoms with Crippen molar-refractivity contribution >= 4 is 28.6 Å². The van der Waals surface area contributed by atoms with Crippen LogP contribution in [0.5, 0.6) is 0 Å². The van der Waals surface area contributed by atoms with Crippen LogP contribution in [0, 0.1) is 0 Å². The number of anilines is 1. The van der Waals surface area contributed by atoms with Gasteiger partial charge in [0.05, 0.1) is 27.7 Å². The average molecular weight is 482 g/mol. The summed E-state index contributed by atoms with van der Waals surface area (Å²) in [6, 6.07) is 16.3. The molecule has 1 aliphatic rings. The smallest absolute Gasteiger partial charge is 0.334 e. The highest BCUT2D eigenvalue weighted by molar-refractivity contribution is 7.13. The second-order valence-electron chi connectivity index (χ2n) is 7.58. The van der Waals surface area contributed by atoms with E-state index in [2.05, 4.69) is 15.5 Å². The second-order valence-corrected chi connectivity index (χ2v) is 8.52. The van der Waals surface area contributed by atoms with Crippen LogP contribution in [0.3, 0.4) is 0 Å². The molecule has 0 bridgehead atoms. The van der Waals surface area contributed by atoms with Gasteiger partial charge in [0.1, 0.15) is 0 Å². The Labute approximate surface area is 196 Å². The Bertz CT molecular complexity index is 1360. The summed E-state index contributed by atoms with van der Waals surface area (Å²) in [5, 5.41) is 8.84. The third kappa shape index (κ3) is 3.96. The topological polar surface area (TPSA) is 71.3 Å². The highest BCUT2D eigenvalue weighted by Crippen LogP contribution is 2.40. The Balaban J connectivity index is 1.66. The van der Waals surface area contributed by atoms with Gasteiger partial charge in [-0.25, -0.2) is 4.79 Å². The fourth-order valence-electron chi connectivity index (χ4n) is 3.89. The third-order valence-electron chi connectivity index (χ3n) is 5.45. The first kappa shape index (κ1) is 21.9. The van der Waals surface area contributed by atoms with Crippen molar-refractivity contribution in [2.75, 3.05) is 4.90 Å². The van der Waals surface area contributed by atoms with Crippen LogP contribution in [0.1, 0.15) is 30.0 Å². The number of amides is 2. The molecule has 6 nitrogen and oxygen atoms in total. The first-order valence-electron chi connectivity index (χ1n) is 10.2. The lowest BCUT2D eigenvalue weighted by molar-refractivity contribution is -0.137. The molecular weight excluding hydrogens is 465 g/mol. The van der Waals surface area contributed by atoms with Crippen molar-refractivity contribution in [3.63, 3.8) is 0 Å². The van der Waals surface area contributed by atoms with E-state index in [1.165, 1.54) is 28.4 Å². The van der Waals surface area contributed by atoms with Crippen molar-refractivity contribution in [1.82, 2.24) is 15.5 Å². The lowest BCUT2D eigenvalue weighted by atomic mass is 9.94. The van der Waals surface area contributed by atoms with E-state index in [1.807, 2.05) is 47.8 Å². The maximum absolute atomic E-state index is 13.3. The SMILES string of the molecule is CC1=C(c2nc(-c3cccs3)no2)C(c2ccccc2)NC(=O)N1c1cccc(C(F)(F)F)c1. The summed E-state index contributed by atoms with van der Waals surface area (Å²) >= 11 is 1.45. The molecule has 4 aromatic rings. The number of hydrogen-bond donors (Lipinski definition) is 1. The molecule has 0 spiro atoms. The van der Waals surface area contributed by atoms with E-state index in [1.54, 1.807) is 6.92 Å². The van der Waals surface area contributed by atoms with E-state index >= 15 is 0 Å². The third-order valence-corrected chi connectivity index (χ3v) is 6.31. The predicted molar refractivity (Wildman–Crippen MR) is 122 cm³/mol. The number of thiophene rings is 1. The molecule has 5 rings (SSSR count). The highest BCUT2D eigenvalue weighted by Gasteiger charge is 2.37. The number of rotatable bonds is 4. The summed E-state index contributed by atoms with van der Waals surface area (Å²) < 4.78 is 45.6. The zero-order chi connectivity index (χ0) is 23.9.